The highest BCUT2D eigenvalue weighted by Gasteiger charge is 2.29. The highest BCUT2D eigenvalue weighted by atomic mass is 16.6. The lowest BCUT2D eigenvalue weighted by Crippen LogP contribution is -2.46. The van der Waals surface area contributed by atoms with E-state index in [1.165, 1.54) is 11.6 Å². The van der Waals surface area contributed by atoms with E-state index in [0.717, 1.165) is 32.5 Å². The maximum atomic E-state index is 11.4. The molecule has 0 saturated carbocycles. The Labute approximate surface area is 159 Å². The fourth-order valence-electron chi connectivity index (χ4n) is 3.63. The van der Waals surface area contributed by atoms with Crippen LogP contribution in [0.3, 0.4) is 0 Å². The summed E-state index contributed by atoms with van der Waals surface area (Å²) in [5.41, 5.74) is 1.37. The predicted molar refractivity (Wildman–Crippen MR) is 105 cm³/mol. The Morgan fingerprint density at radius 1 is 1.22 bits per heavy atom. The smallest absolute Gasteiger partial charge is 0.311 e. The van der Waals surface area contributed by atoms with Crippen LogP contribution in [0, 0.1) is 10.1 Å². The van der Waals surface area contributed by atoms with E-state index in [1.807, 2.05) is 6.07 Å². The molecule has 0 bridgehead atoms. The Balaban J connectivity index is 1.69. The Hall–Kier alpha value is -2.51. The summed E-state index contributed by atoms with van der Waals surface area (Å²) in [4.78, 5) is 19.9. The van der Waals surface area contributed by atoms with Crippen LogP contribution < -0.4 is 4.90 Å². The second kappa shape index (κ2) is 9.43. The summed E-state index contributed by atoms with van der Waals surface area (Å²) in [6.07, 6.45) is 3.52. The molecule has 0 spiro atoms. The van der Waals surface area contributed by atoms with Gasteiger partial charge in [-0.1, -0.05) is 30.3 Å². The van der Waals surface area contributed by atoms with E-state index in [1.54, 1.807) is 19.4 Å². The number of benzene rings is 1. The minimum atomic E-state index is -0.354. The first-order valence-corrected chi connectivity index (χ1v) is 9.30. The first-order valence-electron chi connectivity index (χ1n) is 9.30. The molecule has 2 aromatic rings. The van der Waals surface area contributed by atoms with Crippen molar-refractivity contribution in [2.75, 3.05) is 38.3 Å². The van der Waals surface area contributed by atoms with Gasteiger partial charge in [-0.25, -0.2) is 4.98 Å². The van der Waals surface area contributed by atoms with Gasteiger partial charge in [0.25, 0.3) is 0 Å². The molecule has 7 heteroatoms. The van der Waals surface area contributed by atoms with Crippen molar-refractivity contribution in [3.8, 4) is 0 Å². The predicted octanol–water partition coefficient (Wildman–Crippen LogP) is 3.11. The summed E-state index contributed by atoms with van der Waals surface area (Å²) in [6, 6.07) is 13.8. The number of rotatable bonds is 8. The van der Waals surface area contributed by atoms with Gasteiger partial charge in [-0.15, -0.1) is 0 Å². The van der Waals surface area contributed by atoms with Crippen molar-refractivity contribution in [2.45, 2.75) is 25.4 Å². The molecule has 1 saturated heterocycles. The van der Waals surface area contributed by atoms with Gasteiger partial charge in [0.05, 0.1) is 11.5 Å². The minimum absolute atomic E-state index is 0.0559. The van der Waals surface area contributed by atoms with Crippen LogP contribution in [0.15, 0.2) is 48.7 Å². The Bertz CT molecular complexity index is 733. The monoisotopic (exact) mass is 370 g/mol. The van der Waals surface area contributed by atoms with Gasteiger partial charge >= 0.3 is 5.69 Å². The fraction of sp³-hybridized carbons (Fsp3) is 0.450. The van der Waals surface area contributed by atoms with Gasteiger partial charge in [0, 0.05) is 51.6 Å². The number of nitro groups is 1. The van der Waals surface area contributed by atoms with Gasteiger partial charge in [-0.2, -0.15) is 0 Å². The van der Waals surface area contributed by atoms with E-state index < -0.39 is 0 Å². The Kier molecular flexibility index (Phi) is 6.73. The van der Waals surface area contributed by atoms with Crippen molar-refractivity contribution in [1.82, 2.24) is 9.88 Å². The number of nitrogens with zero attached hydrogens (tertiary/aromatic N) is 4. The number of methoxy groups -OCH3 is 1. The van der Waals surface area contributed by atoms with Crippen LogP contribution in [0.4, 0.5) is 11.5 Å². The number of hydrogen-bond donors (Lipinski definition) is 0. The molecule has 3 rings (SSSR count). The van der Waals surface area contributed by atoms with Crippen LogP contribution in [-0.4, -0.2) is 54.2 Å². The lowest BCUT2D eigenvalue weighted by atomic mass is 10.0. The molecule has 2 heterocycles. The maximum Gasteiger partial charge on any atom is 0.311 e. The first-order chi connectivity index (χ1) is 13.2. The molecule has 0 aliphatic carbocycles. The van der Waals surface area contributed by atoms with Crippen LogP contribution in [-0.2, 0) is 11.3 Å². The second-order valence-electron chi connectivity index (χ2n) is 6.78. The van der Waals surface area contributed by atoms with Crippen molar-refractivity contribution in [3.63, 3.8) is 0 Å². The number of likely N-dealkylation sites (tertiary alicyclic amines) is 1. The van der Waals surface area contributed by atoms with E-state index in [2.05, 4.69) is 39.0 Å². The lowest BCUT2D eigenvalue weighted by Gasteiger charge is -2.38. The maximum absolute atomic E-state index is 11.4. The lowest BCUT2D eigenvalue weighted by molar-refractivity contribution is -0.384. The third-order valence-corrected chi connectivity index (χ3v) is 5.02. The zero-order valence-electron chi connectivity index (χ0n) is 15.7. The largest absolute Gasteiger partial charge is 0.383 e. The van der Waals surface area contributed by atoms with Crippen molar-refractivity contribution in [2.24, 2.45) is 0 Å². The summed E-state index contributed by atoms with van der Waals surface area (Å²) < 4.78 is 5.24. The van der Waals surface area contributed by atoms with Gasteiger partial charge in [0.2, 0.25) is 5.82 Å². The molecule has 0 amide bonds. The molecule has 0 radical (unpaired) electrons. The van der Waals surface area contributed by atoms with Crippen LogP contribution in [0.2, 0.25) is 0 Å². The third-order valence-electron chi connectivity index (χ3n) is 5.02. The highest BCUT2D eigenvalue weighted by Crippen LogP contribution is 2.29. The zero-order valence-corrected chi connectivity index (χ0v) is 15.7. The first kappa shape index (κ1) is 19.3. The highest BCUT2D eigenvalue weighted by molar-refractivity contribution is 5.58. The number of piperidine rings is 1. The van der Waals surface area contributed by atoms with Crippen LogP contribution in [0.25, 0.3) is 0 Å². The molecule has 7 nitrogen and oxygen atoms in total. The molecule has 0 unspecified atom stereocenters. The third kappa shape index (κ3) is 5.02. The van der Waals surface area contributed by atoms with Gasteiger partial charge in [0.15, 0.2) is 0 Å². The number of ether oxygens (including phenoxy) is 1. The van der Waals surface area contributed by atoms with Crippen molar-refractivity contribution < 1.29 is 9.66 Å². The van der Waals surface area contributed by atoms with E-state index >= 15 is 0 Å². The Morgan fingerprint density at radius 3 is 2.63 bits per heavy atom. The molecule has 1 aliphatic rings. The fourth-order valence-corrected chi connectivity index (χ4v) is 3.63. The molecule has 0 N–H and O–H groups in total. The topological polar surface area (TPSA) is 71.7 Å². The zero-order chi connectivity index (χ0) is 19.1. The second-order valence-corrected chi connectivity index (χ2v) is 6.78. The van der Waals surface area contributed by atoms with Gasteiger partial charge < -0.3 is 9.64 Å². The van der Waals surface area contributed by atoms with Crippen molar-refractivity contribution in [1.29, 1.82) is 0 Å². The summed E-state index contributed by atoms with van der Waals surface area (Å²) >= 11 is 0. The summed E-state index contributed by atoms with van der Waals surface area (Å²) in [5.74, 6) is 0.445. The molecule has 1 aromatic heterocycles. The van der Waals surface area contributed by atoms with E-state index in [0.29, 0.717) is 19.0 Å². The normalized spacial score (nSPS) is 15.6. The summed E-state index contributed by atoms with van der Waals surface area (Å²) in [7, 11) is 1.65. The number of anilines is 1. The summed E-state index contributed by atoms with van der Waals surface area (Å²) in [5, 5.41) is 11.4. The van der Waals surface area contributed by atoms with Crippen LogP contribution in [0.1, 0.15) is 18.4 Å². The van der Waals surface area contributed by atoms with Crippen molar-refractivity contribution in [3.05, 3.63) is 64.3 Å². The average Bonchev–Trinajstić information content (AvgIpc) is 2.70. The van der Waals surface area contributed by atoms with Gasteiger partial charge in [0.1, 0.15) is 0 Å². The molecule has 1 aromatic carbocycles. The standard InChI is InChI=1S/C20H26N4O3/c1-27-15-14-23(20-19(24(25)26)8-5-11-21-20)18-9-12-22(13-10-18)16-17-6-3-2-4-7-17/h2-8,11,18H,9-10,12-16H2,1H3. The SMILES string of the molecule is COCCN(c1ncccc1[N+](=O)[O-])C1CCN(Cc2ccccc2)CC1. The summed E-state index contributed by atoms with van der Waals surface area (Å²) in [6.45, 7) is 3.97. The average molecular weight is 370 g/mol. The van der Waals surface area contributed by atoms with E-state index in [4.69, 9.17) is 4.74 Å². The molecule has 1 aliphatic heterocycles. The molecule has 27 heavy (non-hydrogen) atoms. The molecule has 0 atom stereocenters. The number of aromatic nitrogens is 1. The minimum Gasteiger partial charge on any atom is -0.383 e. The molecular weight excluding hydrogens is 344 g/mol. The Morgan fingerprint density at radius 2 is 1.96 bits per heavy atom. The van der Waals surface area contributed by atoms with E-state index in [-0.39, 0.29) is 16.7 Å². The number of pyridine rings is 1. The van der Waals surface area contributed by atoms with Crippen LogP contribution in [0.5, 0.6) is 0 Å². The van der Waals surface area contributed by atoms with E-state index in [9.17, 15) is 10.1 Å². The van der Waals surface area contributed by atoms with Gasteiger partial charge in [-0.05, 0) is 24.5 Å². The van der Waals surface area contributed by atoms with Gasteiger partial charge in [-0.3, -0.25) is 15.0 Å². The molecular formula is C20H26N4O3. The molecule has 1 fully saturated rings. The van der Waals surface area contributed by atoms with Crippen molar-refractivity contribution >= 4 is 11.5 Å². The number of hydrogen-bond acceptors (Lipinski definition) is 6. The molecule has 144 valence electrons. The van der Waals surface area contributed by atoms with Crippen LogP contribution >= 0.6 is 0 Å². The quantitative estimate of drug-likeness (QED) is 0.525.